The summed E-state index contributed by atoms with van der Waals surface area (Å²) in [5.74, 6) is 0.572. The van der Waals surface area contributed by atoms with Crippen LogP contribution in [0, 0.1) is 5.82 Å². The number of nitrogens with zero attached hydrogens (tertiary/aromatic N) is 5. The number of hydrogen-bond donors (Lipinski definition) is 1. The largest absolute Gasteiger partial charge is 0.465 e. The molecule has 4 heterocycles. The Morgan fingerprint density at radius 3 is 2.93 bits per heavy atom. The molecule has 7 nitrogen and oxygen atoms in total. The van der Waals surface area contributed by atoms with E-state index in [0.29, 0.717) is 18.7 Å². The molecule has 1 atom stereocenters. The number of carboxylic acid groups (broad SMARTS) is 1. The van der Waals surface area contributed by atoms with E-state index in [1.165, 1.54) is 11.0 Å². The highest BCUT2D eigenvalue weighted by Gasteiger charge is 2.28. The van der Waals surface area contributed by atoms with E-state index in [0.717, 1.165) is 42.0 Å². The summed E-state index contributed by atoms with van der Waals surface area (Å²) in [6.07, 6.45) is 4.65. The van der Waals surface area contributed by atoms with Crippen LogP contribution in [0.25, 0.3) is 11.2 Å². The predicted molar refractivity (Wildman–Crippen MR) is 106 cm³/mol. The first-order chi connectivity index (χ1) is 14.1. The van der Waals surface area contributed by atoms with Crippen molar-refractivity contribution < 1.29 is 14.3 Å². The van der Waals surface area contributed by atoms with Crippen molar-refractivity contribution >= 4 is 23.1 Å². The number of aromatic nitrogens is 3. The summed E-state index contributed by atoms with van der Waals surface area (Å²) in [5, 5.41) is 14.0. The molecule has 1 fully saturated rings. The zero-order valence-electron chi connectivity index (χ0n) is 15.7. The van der Waals surface area contributed by atoms with Gasteiger partial charge in [0.25, 0.3) is 0 Å². The van der Waals surface area contributed by atoms with Crippen molar-refractivity contribution in [2.45, 2.75) is 18.9 Å². The second-order valence-corrected chi connectivity index (χ2v) is 7.40. The highest BCUT2D eigenvalue weighted by Crippen LogP contribution is 2.35. The number of anilines is 1. The van der Waals surface area contributed by atoms with Crippen LogP contribution in [0.2, 0.25) is 0 Å². The molecule has 2 aliphatic heterocycles. The van der Waals surface area contributed by atoms with Gasteiger partial charge in [-0.1, -0.05) is 18.2 Å². The van der Waals surface area contributed by atoms with E-state index < -0.39 is 6.09 Å². The molecule has 3 aromatic rings. The molecular weight excluding hydrogens is 373 g/mol. The summed E-state index contributed by atoms with van der Waals surface area (Å²) in [4.78, 5) is 19.2. The van der Waals surface area contributed by atoms with Crippen molar-refractivity contribution in [3.8, 4) is 0 Å². The van der Waals surface area contributed by atoms with E-state index in [9.17, 15) is 14.3 Å². The molecule has 29 heavy (non-hydrogen) atoms. The number of amides is 1. The maximum Gasteiger partial charge on any atom is 0.407 e. The maximum absolute atomic E-state index is 13.7. The number of hydrogen-bond acceptors (Lipinski definition) is 4. The normalized spacial score (nSPS) is 19.2. The lowest BCUT2D eigenvalue weighted by Crippen LogP contribution is -2.27. The molecule has 1 N–H and O–H groups in total. The number of imidazole rings is 1. The third kappa shape index (κ3) is 3.10. The molecule has 0 bridgehead atoms. The first-order valence-corrected chi connectivity index (χ1v) is 9.64. The van der Waals surface area contributed by atoms with E-state index >= 15 is 0 Å². The van der Waals surface area contributed by atoms with Gasteiger partial charge in [-0.3, -0.25) is 0 Å². The molecule has 0 spiro atoms. The molecule has 5 rings (SSSR count). The minimum absolute atomic E-state index is 0.0795. The first kappa shape index (κ1) is 17.7. The number of fused-ring (bicyclic) bond motifs is 1. The van der Waals surface area contributed by atoms with Gasteiger partial charge < -0.3 is 14.9 Å². The molecule has 1 aromatic carbocycles. The van der Waals surface area contributed by atoms with E-state index in [-0.39, 0.29) is 11.9 Å². The van der Waals surface area contributed by atoms with Crippen LogP contribution < -0.4 is 4.90 Å². The Bertz CT molecular complexity index is 1130. The maximum atomic E-state index is 13.7. The van der Waals surface area contributed by atoms with E-state index in [1.54, 1.807) is 22.8 Å². The fraction of sp³-hybridized carbons (Fsp3) is 0.286. The number of rotatable bonds is 3. The lowest BCUT2D eigenvalue weighted by molar-refractivity contribution is 0.158. The third-order valence-corrected chi connectivity index (χ3v) is 5.65. The lowest BCUT2D eigenvalue weighted by atomic mass is 10.0. The molecule has 1 saturated heterocycles. The van der Waals surface area contributed by atoms with Crippen LogP contribution in [0.15, 0.2) is 48.7 Å². The van der Waals surface area contributed by atoms with Crippen LogP contribution in [0.3, 0.4) is 0 Å². The Hall–Kier alpha value is -3.42. The van der Waals surface area contributed by atoms with Gasteiger partial charge in [0.1, 0.15) is 11.6 Å². The summed E-state index contributed by atoms with van der Waals surface area (Å²) in [7, 11) is 0. The van der Waals surface area contributed by atoms with Gasteiger partial charge in [-0.05, 0) is 48.2 Å². The summed E-state index contributed by atoms with van der Waals surface area (Å²) >= 11 is 0. The van der Waals surface area contributed by atoms with Crippen LogP contribution in [-0.4, -0.2) is 50.3 Å². The van der Waals surface area contributed by atoms with Crippen LogP contribution in [0.5, 0.6) is 0 Å². The number of benzene rings is 1. The van der Waals surface area contributed by atoms with Crippen LogP contribution in [0.4, 0.5) is 15.0 Å². The number of carbonyl (C=O) groups is 1. The van der Waals surface area contributed by atoms with Gasteiger partial charge in [-0.2, -0.15) is 0 Å². The van der Waals surface area contributed by atoms with Crippen molar-refractivity contribution in [3.63, 3.8) is 0 Å². The molecule has 0 aliphatic carbocycles. The van der Waals surface area contributed by atoms with Gasteiger partial charge in [0.05, 0.1) is 24.5 Å². The minimum Gasteiger partial charge on any atom is -0.465 e. The average Bonchev–Trinajstić information content (AvgIpc) is 3.45. The van der Waals surface area contributed by atoms with Gasteiger partial charge in [0, 0.05) is 13.1 Å². The van der Waals surface area contributed by atoms with Gasteiger partial charge in [-0.25, -0.2) is 18.7 Å². The Morgan fingerprint density at radius 2 is 2.14 bits per heavy atom. The van der Waals surface area contributed by atoms with Gasteiger partial charge >= 0.3 is 6.09 Å². The van der Waals surface area contributed by atoms with Crippen molar-refractivity contribution in [1.82, 2.24) is 19.5 Å². The Kier molecular flexibility index (Phi) is 4.19. The zero-order chi connectivity index (χ0) is 20.0. The van der Waals surface area contributed by atoms with Crippen molar-refractivity contribution in [2.24, 2.45) is 0 Å². The Morgan fingerprint density at radius 1 is 1.24 bits per heavy atom. The smallest absolute Gasteiger partial charge is 0.407 e. The zero-order valence-corrected chi connectivity index (χ0v) is 15.7. The molecule has 2 aliphatic rings. The van der Waals surface area contributed by atoms with E-state index in [4.69, 9.17) is 5.10 Å². The van der Waals surface area contributed by atoms with E-state index in [2.05, 4.69) is 9.88 Å². The fourth-order valence-corrected chi connectivity index (χ4v) is 4.22. The highest BCUT2D eigenvalue weighted by atomic mass is 19.1. The number of halogens is 1. The Balaban J connectivity index is 1.49. The molecule has 1 amide bonds. The first-order valence-electron chi connectivity index (χ1n) is 9.64. The second-order valence-electron chi connectivity index (χ2n) is 7.40. The Labute approximate surface area is 166 Å². The van der Waals surface area contributed by atoms with E-state index in [1.807, 2.05) is 24.3 Å². The monoisotopic (exact) mass is 393 g/mol. The summed E-state index contributed by atoms with van der Waals surface area (Å²) in [6.45, 7) is 1.54. The second kappa shape index (κ2) is 6.88. The quantitative estimate of drug-likeness (QED) is 0.736. The standard InChI is InChI=1S/C21H20FN5O2/c22-16-4-1-3-14(11-16)17-5-2-9-26(17)20-7-6-19-23-12-18(27(19)24-20)15-8-10-25(13-15)21(28)29/h1,3-4,6-8,11-12,17H,2,5,9-10,13H2,(H,28,29)/t17-/m1/s1. The predicted octanol–water partition coefficient (Wildman–Crippen LogP) is 3.59. The molecule has 148 valence electrons. The van der Waals surface area contributed by atoms with Crippen LogP contribution in [0.1, 0.15) is 30.1 Å². The average molecular weight is 393 g/mol. The van der Waals surface area contributed by atoms with Crippen LogP contribution >= 0.6 is 0 Å². The topological polar surface area (TPSA) is 74.0 Å². The molecule has 0 saturated carbocycles. The van der Waals surface area contributed by atoms with Gasteiger partial charge in [-0.15, -0.1) is 5.10 Å². The molecule has 8 heteroatoms. The highest BCUT2D eigenvalue weighted by molar-refractivity contribution is 5.76. The van der Waals surface area contributed by atoms with Gasteiger partial charge in [0.15, 0.2) is 5.65 Å². The van der Waals surface area contributed by atoms with Gasteiger partial charge in [0.2, 0.25) is 0 Å². The summed E-state index contributed by atoms with van der Waals surface area (Å²) < 4.78 is 15.5. The molecule has 0 radical (unpaired) electrons. The summed E-state index contributed by atoms with van der Waals surface area (Å²) in [6, 6.07) is 10.7. The molecule has 2 aromatic heterocycles. The minimum atomic E-state index is -0.936. The SMILES string of the molecule is O=C(O)N1CC=C(c2cnc3ccc(N4CCC[C@@H]4c4cccc(F)c4)nn23)C1. The molecule has 0 unspecified atom stereocenters. The van der Waals surface area contributed by atoms with Crippen molar-refractivity contribution in [1.29, 1.82) is 0 Å². The third-order valence-electron chi connectivity index (χ3n) is 5.65. The fourth-order valence-electron chi connectivity index (χ4n) is 4.22. The van der Waals surface area contributed by atoms with Crippen LogP contribution in [-0.2, 0) is 0 Å². The molecular formula is C21H20FN5O2. The lowest BCUT2D eigenvalue weighted by Gasteiger charge is -2.26. The summed E-state index contributed by atoms with van der Waals surface area (Å²) in [5.41, 5.74) is 3.35. The van der Waals surface area contributed by atoms with Crippen molar-refractivity contribution in [3.05, 3.63) is 65.7 Å². The van der Waals surface area contributed by atoms with Crippen molar-refractivity contribution in [2.75, 3.05) is 24.5 Å².